The van der Waals surface area contributed by atoms with Gasteiger partial charge < -0.3 is 14.7 Å². The molecule has 1 amide bonds. The van der Waals surface area contributed by atoms with Gasteiger partial charge >= 0.3 is 0 Å². The Morgan fingerprint density at radius 2 is 2.04 bits per heavy atom. The van der Waals surface area contributed by atoms with Gasteiger partial charge in [-0.15, -0.1) is 0 Å². The van der Waals surface area contributed by atoms with Crippen molar-refractivity contribution in [2.75, 3.05) is 13.7 Å². The number of nitrogens with zero attached hydrogens (tertiary/aromatic N) is 1. The molecule has 0 saturated carbocycles. The maximum absolute atomic E-state index is 13.1. The summed E-state index contributed by atoms with van der Waals surface area (Å²) < 4.78 is 5.34. The fourth-order valence-corrected chi connectivity index (χ4v) is 3.32. The van der Waals surface area contributed by atoms with E-state index in [-0.39, 0.29) is 11.9 Å². The summed E-state index contributed by atoms with van der Waals surface area (Å²) in [6, 6.07) is 13.3. The molecule has 0 saturated heterocycles. The number of methoxy groups -OCH3 is 1. The minimum absolute atomic E-state index is 0.0112. The minimum atomic E-state index is -1.07. The molecule has 0 aromatic heterocycles. The molecule has 1 aliphatic heterocycles. The van der Waals surface area contributed by atoms with Crippen molar-refractivity contribution >= 4 is 5.91 Å². The number of fused-ring (bicyclic) bond motifs is 1. The average molecular weight is 363 g/mol. The van der Waals surface area contributed by atoms with Crippen molar-refractivity contribution in [1.82, 2.24) is 4.90 Å². The SMILES string of the molecule is COc1ccc2c(c1)C(C)N(C(=O)c1cccc(C#CC(C)(C)O)c1)CC2. The van der Waals surface area contributed by atoms with E-state index in [1.165, 1.54) is 5.56 Å². The molecule has 1 aliphatic rings. The Hall–Kier alpha value is -2.77. The van der Waals surface area contributed by atoms with Gasteiger partial charge in [0.15, 0.2) is 0 Å². The van der Waals surface area contributed by atoms with Crippen LogP contribution in [0.2, 0.25) is 0 Å². The molecule has 0 aliphatic carbocycles. The number of carbonyl (C=O) groups excluding carboxylic acids is 1. The van der Waals surface area contributed by atoms with Crippen LogP contribution in [0, 0.1) is 11.8 Å². The van der Waals surface area contributed by atoms with Gasteiger partial charge in [-0.3, -0.25) is 4.79 Å². The smallest absolute Gasteiger partial charge is 0.254 e. The van der Waals surface area contributed by atoms with Crippen LogP contribution in [0.15, 0.2) is 42.5 Å². The Balaban J connectivity index is 1.87. The lowest BCUT2D eigenvalue weighted by Crippen LogP contribution is -2.38. The molecule has 0 radical (unpaired) electrons. The Bertz CT molecular complexity index is 915. The van der Waals surface area contributed by atoms with Gasteiger partial charge in [-0.05, 0) is 68.7 Å². The van der Waals surface area contributed by atoms with Crippen LogP contribution in [0.4, 0.5) is 0 Å². The van der Waals surface area contributed by atoms with E-state index in [1.54, 1.807) is 27.0 Å². The van der Waals surface area contributed by atoms with E-state index in [0.29, 0.717) is 12.1 Å². The summed E-state index contributed by atoms with van der Waals surface area (Å²) in [4.78, 5) is 15.0. The highest BCUT2D eigenvalue weighted by molar-refractivity contribution is 5.95. The maximum Gasteiger partial charge on any atom is 0.254 e. The van der Waals surface area contributed by atoms with Gasteiger partial charge in [-0.1, -0.05) is 24.0 Å². The van der Waals surface area contributed by atoms with Crippen LogP contribution in [0.5, 0.6) is 5.75 Å². The molecule has 4 heteroatoms. The summed E-state index contributed by atoms with van der Waals surface area (Å²) >= 11 is 0. The molecule has 140 valence electrons. The summed E-state index contributed by atoms with van der Waals surface area (Å²) in [7, 11) is 1.65. The van der Waals surface area contributed by atoms with Crippen molar-refractivity contribution in [3.8, 4) is 17.6 Å². The number of aliphatic hydroxyl groups is 1. The molecule has 1 unspecified atom stereocenters. The Morgan fingerprint density at radius 1 is 1.26 bits per heavy atom. The van der Waals surface area contributed by atoms with Gasteiger partial charge in [0.25, 0.3) is 5.91 Å². The third-order valence-electron chi connectivity index (χ3n) is 4.78. The zero-order valence-electron chi connectivity index (χ0n) is 16.2. The first-order valence-corrected chi connectivity index (χ1v) is 9.12. The highest BCUT2D eigenvalue weighted by Crippen LogP contribution is 2.33. The van der Waals surface area contributed by atoms with Gasteiger partial charge in [0.05, 0.1) is 13.2 Å². The summed E-state index contributed by atoms with van der Waals surface area (Å²) in [5.41, 5.74) is 2.65. The van der Waals surface area contributed by atoms with E-state index < -0.39 is 5.60 Å². The predicted octanol–water partition coefficient (Wildman–Crippen LogP) is 3.58. The quantitative estimate of drug-likeness (QED) is 0.830. The molecular formula is C23H25NO3. The van der Waals surface area contributed by atoms with Crippen LogP contribution in [0.3, 0.4) is 0 Å². The van der Waals surface area contributed by atoms with Gasteiger partial charge in [0, 0.05) is 17.7 Å². The zero-order chi connectivity index (χ0) is 19.6. The van der Waals surface area contributed by atoms with Crippen molar-refractivity contribution < 1.29 is 14.6 Å². The molecule has 1 atom stereocenters. The topological polar surface area (TPSA) is 49.8 Å². The number of hydrogen-bond donors (Lipinski definition) is 1. The van der Waals surface area contributed by atoms with Crippen molar-refractivity contribution in [2.24, 2.45) is 0 Å². The highest BCUT2D eigenvalue weighted by atomic mass is 16.5. The lowest BCUT2D eigenvalue weighted by atomic mass is 9.92. The van der Waals surface area contributed by atoms with Crippen molar-refractivity contribution in [1.29, 1.82) is 0 Å². The summed E-state index contributed by atoms with van der Waals surface area (Å²) in [6.07, 6.45) is 0.827. The van der Waals surface area contributed by atoms with Crippen LogP contribution in [0.1, 0.15) is 53.9 Å². The van der Waals surface area contributed by atoms with Crippen LogP contribution in [0.25, 0.3) is 0 Å². The number of benzene rings is 2. The van der Waals surface area contributed by atoms with Gasteiger partial charge in [0.2, 0.25) is 0 Å². The Morgan fingerprint density at radius 3 is 2.74 bits per heavy atom. The van der Waals surface area contributed by atoms with E-state index in [2.05, 4.69) is 17.9 Å². The Kier molecular flexibility index (Phi) is 5.25. The van der Waals surface area contributed by atoms with E-state index >= 15 is 0 Å². The number of carbonyl (C=O) groups is 1. The van der Waals surface area contributed by atoms with Crippen LogP contribution in [-0.2, 0) is 6.42 Å². The zero-order valence-corrected chi connectivity index (χ0v) is 16.2. The molecule has 1 heterocycles. The van der Waals surface area contributed by atoms with Crippen LogP contribution >= 0.6 is 0 Å². The second-order valence-corrected chi connectivity index (χ2v) is 7.38. The molecule has 0 bridgehead atoms. The highest BCUT2D eigenvalue weighted by Gasteiger charge is 2.28. The van der Waals surface area contributed by atoms with Crippen molar-refractivity contribution in [3.05, 3.63) is 64.7 Å². The normalized spacial score (nSPS) is 16.2. The number of amides is 1. The molecular weight excluding hydrogens is 338 g/mol. The monoisotopic (exact) mass is 363 g/mol. The van der Waals surface area contributed by atoms with E-state index in [1.807, 2.05) is 42.2 Å². The molecule has 0 fully saturated rings. The fourth-order valence-electron chi connectivity index (χ4n) is 3.32. The van der Waals surface area contributed by atoms with Crippen molar-refractivity contribution in [2.45, 2.75) is 38.8 Å². The molecule has 2 aromatic rings. The average Bonchev–Trinajstić information content (AvgIpc) is 2.66. The second kappa shape index (κ2) is 7.46. The molecule has 4 nitrogen and oxygen atoms in total. The standard InChI is InChI=1S/C23H25NO3/c1-16-21-15-20(27-4)9-8-18(21)11-13-24(16)22(25)19-7-5-6-17(14-19)10-12-23(2,3)26/h5-9,14-16,26H,11,13H2,1-4H3. The fraction of sp³-hybridized carbons (Fsp3) is 0.348. The second-order valence-electron chi connectivity index (χ2n) is 7.38. The first-order valence-electron chi connectivity index (χ1n) is 9.12. The van der Waals surface area contributed by atoms with Gasteiger partial charge in [-0.2, -0.15) is 0 Å². The first-order chi connectivity index (χ1) is 12.8. The number of ether oxygens (including phenoxy) is 1. The first kappa shape index (κ1) is 19.0. The maximum atomic E-state index is 13.1. The summed E-state index contributed by atoms with van der Waals surface area (Å²) in [6.45, 7) is 6.00. The van der Waals surface area contributed by atoms with E-state index in [4.69, 9.17) is 4.74 Å². The lowest BCUT2D eigenvalue weighted by molar-refractivity contribution is 0.0677. The summed E-state index contributed by atoms with van der Waals surface area (Å²) in [5.74, 6) is 6.52. The van der Waals surface area contributed by atoms with Gasteiger partial charge in [0.1, 0.15) is 11.4 Å². The lowest BCUT2D eigenvalue weighted by Gasteiger charge is -2.35. The number of hydrogen-bond acceptors (Lipinski definition) is 3. The minimum Gasteiger partial charge on any atom is -0.497 e. The Labute approximate surface area is 160 Å². The largest absolute Gasteiger partial charge is 0.497 e. The van der Waals surface area contributed by atoms with E-state index in [0.717, 1.165) is 23.3 Å². The number of rotatable bonds is 2. The third-order valence-corrected chi connectivity index (χ3v) is 4.78. The summed E-state index contributed by atoms with van der Waals surface area (Å²) in [5, 5.41) is 9.77. The molecule has 1 N–H and O–H groups in total. The third kappa shape index (κ3) is 4.32. The van der Waals surface area contributed by atoms with Crippen LogP contribution < -0.4 is 4.74 Å². The molecule has 3 rings (SSSR count). The van der Waals surface area contributed by atoms with Crippen molar-refractivity contribution in [3.63, 3.8) is 0 Å². The van der Waals surface area contributed by atoms with Gasteiger partial charge in [-0.25, -0.2) is 0 Å². The predicted molar refractivity (Wildman–Crippen MR) is 106 cm³/mol. The molecule has 0 spiro atoms. The molecule has 2 aromatic carbocycles. The van der Waals surface area contributed by atoms with Crippen LogP contribution in [-0.4, -0.2) is 35.2 Å². The molecule has 27 heavy (non-hydrogen) atoms. The van der Waals surface area contributed by atoms with E-state index in [9.17, 15) is 9.90 Å².